The van der Waals surface area contributed by atoms with Gasteiger partial charge in [0.15, 0.2) is 0 Å². The third-order valence-electron chi connectivity index (χ3n) is 4.06. The second kappa shape index (κ2) is 8.10. The molecule has 0 aromatic rings. The standard InChI is InChI=1S/C14H29N3O/c1-2-5-15-12-14-13-18-11-10-17(14)9-8-16-6-3-4-7-16/h14-15H,2-13H2,1H3. The first-order chi connectivity index (χ1) is 8.90. The Labute approximate surface area is 112 Å². The Morgan fingerprint density at radius 3 is 2.78 bits per heavy atom. The highest BCUT2D eigenvalue weighted by Crippen LogP contribution is 2.10. The molecule has 0 spiro atoms. The van der Waals surface area contributed by atoms with Crippen LogP contribution in [0.15, 0.2) is 0 Å². The Kier molecular flexibility index (Phi) is 6.41. The van der Waals surface area contributed by atoms with Crippen molar-refractivity contribution >= 4 is 0 Å². The topological polar surface area (TPSA) is 27.7 Å². The minimum Gasteiger partial charge on any atom is -0.378 e. The molecule has 2 rings (SSSR count). The van der Waals surface area contributed by atoms with Gasteiger partial charge in [-0.05, 0) is 38.9 Å². The molecular weight excluding hydrogens is 226 g/mol. The lowest BCUT2D eigenvalue weighted by atomic mass is 10.2. The highest BCUT2D eigenvalue weighted by Gasteiger charge is 2.23. The zero-order valence-corrected chi connectivity index (χ0v) is 11.9. The minimum atomic E-state index is 0.577. The second-order valence-electron chi connectivity index (χ2n) is 5.52. The van der Waals surface area contributed by atoms with E-state index in [4.69, 9.17) is 4.74 Å². The Bertz CT molecular complexity index is 219. The molecule has 106 valence electrons. The van der Waals surface area contributed by atoms with Crippen LogP contribution in [0.4, 0.5) is 0 Å². The SMILES string of the molecule is CCCNCC1COCCN1CCN1CCCC1. The van der Waals surface area contributed by atoms with Crippen LogP contribution in [0, 0.1) is 0 Å². The molecule has 2 heterocycles. The quantitative estimate of drug-likeness (QED) is 0.681. The van der Waals surface area contributed by atoms with Gasteiger partial charge in [-0.1, -0.05) is 6.92 Å². The molecular formula is C14H29N3O. The molecule has 0 amide bonds. The van der Waals surface area contributed by atoms with E-state index in [1.54, 1.807) is 0 Å². The predicted octanol–water partition coefficient (Wildman–Crippen LogP) is 0.783. The summed E-state index contributed by atoms with van der Waals surface area (Å²) in [6.45, 7) is 12.4. The minimum absolute atomic E-state index is 0.577. The second-order valence-corrected chi connectivity index (χ2v) is 5.52. The Balaban J connectivity index is 1.68. The Morgan fingerprint density at radius 2 is 2.00 bits per heavy atom. The first-order valence-corrected chi connectivity index (χ1v) is 7.65. The number of hydrogen-bond donors (Lipinski definition) is 1. The third kappa shape index (κ3) is 4.50. The molecule has 0 aliphatic carbocycles. The molecule has 0 bridgehead atoms. The van der Waals surface area contributed by atoms with E-state index in [2.05, 4.69) is 22.0 Å². The number of hydrogen-bond acceptors (Lipinski definition) is 4. The van der Waals surface area contributed by atoms with E-state index in [1.165, 1.54) is 45.4 Å². The van der Waals surface area contributed by atoms with Crippen LogP contribution < -0.4 is 5.32 Å². The van der Waals surface area contributed by atoms with Gasteiger partial charge < -0.3 is 15.0 Å². The summed E-state index contributed by atoms with van der Waals surface area (Å²) >= 11 is 0. The van der Waals surface area contributed by atoms with Gasteiger partial charge in [0.1, 0.15) is 0 Å². The van der Waals surface area contributed by atoms with Gasteiger partial charge in [0.2, 0.25) is 0 Å². The number of ether oxygens (including phenoxy) is 1. The van der Waals surface area contributed by atoms with Crippen LogP contribution in [-0.2, 0) is 4.74 Å². The van der Waals surface area contributed by atoms with Gasteiger partial charge in [0.05, 0.1) is 13.2 Å². The first-order valence-electron chi connectivity index (χ1n) is 7.65. The Morgan fingerprint density at radius 1 is 1.17 bits per heavy atom. The van der Waals surface area contributed by atoms with E-state index in [0.29, 0.717) is 6.04 Å². The maximum atomic E-state index is 5.62. The fourth-order valence-corrected chi connectivity index (χ4v) is 2.89. The summed E-state index contributed by atoms with van der Waals surface area (Å²) < 4.78 is 5.62. The van der Waals surface area contributed by atoms with Crippen LogP contribution in [0.3, 0.4) is 0 Å². The first kappa shape index (κ1) is 14.3. The van der Waals surface area contributed by atoms with Crippen molar-refractivity contribution in [3.63, 3.8) is 0 Å². The largest absolute Gasteiger partial charge is 0.378 e. The maximum Gasteiger partial charge on any atom is 0.0634 e. The van der Waals surface area contributed by atoms with Crippen molar-refractivity contribution in [2.45, 2.75) is 32.2 Å². The smallest absolute Gasteiger partial charge is 0.0634 e. The average Bonchev–Trinajstić information content (AvgIpc) is 2.91. The lowest BCUT2D eigenvalue weighted by Crippen LogP contribution is -2.52. The number of nitrogens with one attached hydrogen (secondary N) is 1. The van der Waals surface area contributed by atoms with Gasteiger partial charge >= 0.3 is 0 Å². The summed E-state index contributed by atoms with van der Waals surface area (Å²) in [5.41, 5.74) is 0. The van der Waals surface area contributed by atoms with Crippen molar-refractivity contribution in [2.75, 3.05) is 59.0 Å². The molecule has 1 unspecified atom stereocenters. The van der Waals surface area contributed by atoms with E-state index in [9.17, 15) is 0 Å². The summed E-state index contributed by atoms with van der Waals surface area (Å²) in [5, 5.41) is 3.53. The molecule has 2 aliphatic rings. The number of nitrogens with zero attached hydrogens (tertiary/aromatic N) is 2. The van der Waals surface area contributed by atoms with Gasteiger partial charge in [-0.2, -0.15) is 0 Å². The van der Waals surface area contributed by atoms with Crippen LogP contribution in [0.2, 0.25) is 0 Å². The molecule has 2 fully saturated rings. The lowest BCUT2D eigenvalue weighted by molar-refractivity contribution is -0.00950. The molecule has 0 saturated carbocycles. The van der Waals surface area contributed by atoms with Crippen molar-refractivity contribution < 1.29 is 4.74 Å². The molecule has 0 aromatic carbocycles. The van der Waals surface area contributed by atoms with Gasteiger partial charge in [0, 0.05) is 32.2 Å². The highest BCUT2D eigenvalue weighted by molar-refractivity contribution is 4.79. The van der Waals surface area contributed by atoms with Crippen molar-refractivity contribution in [3.8, 4) is 0 Å². The van der Waals surface area contributed by atoms with Crippen LogP contribution in [0.1, 0.15) is 26.2 Å². The van der Waals surface area contributed by atoms with Crippen LogP contribution >= 0.6 is 0 Å². The predicted molar refractivity (Wildman–Crippen MR) is 75.0 cm³/mol. The van der Waals surface area contributed by atoms with E-state index in [0.717, 1.165) is 32.8 Å². The van der Waals surface area contributed by atoms with Gasteiger partial charge in [-0.25, -0.2) is 0 Å². The molecule has 0 radical (unpaired) electrons. The normalized spacial score (nSPS) is 26.8. The van der Waals surface area contributed by atoms with E-state index in [1.807, 2.05) is 0 Å². The fraction of sp³-hybridized carbons (Fsp3) is 1.00. The summed E-state index contributed by atoms with van der Waals surface area (Å²) in [5.74, 6) is 0. The van der Waals surface area contributed by atoms with Crippen molar-refractivity contribution in [2.24, 2.45) is 0 Å². The van der Waals surface area contributed by atoms with Gasteiger partial charge in [-0.15, -0.1) is 0 Å². The van der Waals surface area contributed by atoms with Gasteiger partial charge in [0.25, 0.3) is 0 Å². The average molecular weight is 255 g/mol. The zero-order chi connectivity index (χ0) is 12.6. The summed E-state index contributed by atoms with van der Waals surface area (Å²) in [6.07, 6.45) is 4.00. The van der Waals surface area contributed by atoms with Crippen molar-refractivity contribution in [1.29, 1.82) is 0 Å². The van der Waals surface area contributed by atoms with Crippen molar-refractivity contribution in [1.82, 2.24) is 15.1 Å². The molecule has 2 aliphatic heterocycles. The number of likely N-dealkylation sites (tertiary alicyclic amines) is 1. The lowest BCUT2D eigenvalue weighted by Gasteiger charge is -2.36. The summed E-state index contributed by atoms with van der Waals surface area (Å²) in [7, 11) is 0. The molecule has 2 saturated heterocycles. The molecule has 1 atom stereocenters. The number of rotatable bonds is 7. The van der Waals surface area contributed by atoms with E-state index < -0.39 is 0 Å². The molecule has 4 nitrogen and oxygen atoms in total. The van der Waals surface area contributed by atoms with Crippen LogP contribution in [0.25, 0.3) is 0 Å². The monoisotopic (exact) mass is 255 g/mol. The van der Waals surface area contributed by atoms with Gasteiger partial charge in [-0.3, -0.25) is 4.90 Å². The molecule has 4 heteroatoms. The highest BCUT2D eigenvalue weighted by atomic mass is 16.5. The molecule has 0 aromatic heterocycles. The van der Waals surface area contributed by atoms with E-state index >= 15 is 0 Å². The van der Waals surface area contributed by atoms with Crippen LogP contribution in [0.5, 0.6) is 0 Å². The molecule has 18 heavy (non-hydrogen) atoms. The summed E-state index contributed by atoms with van der Waals surface area (Å²) in [4.78, 5) is 5.22. The fourth-order valence-electron chi connectivity index (χ4n) is 2.89. The third-order valence-corrected chi connectivity index (χ3v) is 4.06. The molecule has 1 N–H and O–H groups in total. The Hall–Kier alpha value is -0.160. The van der Waals surface area contributed by atoms with Crippen molar-refractivity contribution in [3.05, 3.63) is 0 Å². The van der Waals surface area contributed by atoms with E-state index in [-0.39, 0.29) is 0 Å². The maximum absolute atomic E-state index is 5.62. The summed E-state index contributed by atoms with van der Waals surface area (Å²) in [6, 6.07) is 0.577. The number of morpholine rings is 1. The zero-order valence-electron chi connectivity index (χ0n) is 11.9. The van der Waals surface area contributed by atoms with Crippen LogP contribution in [-0.4, -0.2) is 74.9 Å².